The molecule has 0 bridgehead atoms. The lowest BCUT2D eigenvalue weighted by atomic mass is 10.2. The second-order valence-electron chi connectivity index (χ2n) is 3.83. The zero-order valence-electron chi connectivity index (χ0n) is 11.0. The van der Waals surface area contributed by atoms with Gasteiger partial charge in [0, 0.05) is 17.1 Å². The number of thioether (sulfide) groups is 1. The van der Waals surface area contributed by atoms with Crippen LogP contribution < -0.4 is 10.5 Å². The first-order valence-corrected chi connectivity index (χ1v) is 7.06. The molecule has 1 atom stereocenters. The summed E-state index contributed by atoms with van der Waals surface area (Å²) in [5, 5.41) is 0. The minimum atomic E-state index is -0.662. The van der Waals surface area contributed by atoms with Gasteiger partial charge in [-0.2, -0.15) is 11.8 Å². The summed E-state index contributed by atoms with van der Waals surface area (Å²) in [6, 6.07) is 3.68. The highest BCUT2D eigenvalue weighted by Gasteiger charge is 2.14. The van der Waals surface area contributed by atoms with E-state index in [-0.39, 0.29) is 5.82 Å². The normalized spacial score (nSPS) is 12.0. The Balaban J connectivity index is 2.49. The van der Waals surface area contributed by atoms with Crippen molar-refractivity contribution in [2.45, 2.75) is 18.7 Å². The van der Waals surface area contributed by atoms with Crippen LogP contribution in [-0.2, 0) is 15.3 Å². The van der Waals surface area contributed by atoms with Crippen LogP contribution in [0.2, 0.25) is 0 Å². The molecule has 0 aliphatic heterocycles. The van der Waals surface area contributed by atoms with E-state index in [1.165, 1.54) is 31.0 Å². The molecule has 106 valence electrons. The molecule has 0 aromatic heterocycles. The number of carbonyl (C=O) groups excluding carboxylic acids is 1. The van der Waals surface area contributed by atoms with Crippen LogP contribution in [0.4, 0.5) is 4.39 Å². The van der Waals surface area contributed by atoms with Gasteiger partial charge in [0.2, 0.25) is 0 Å². The Hall–Kier alpha value is -1.27. The maximum Gasteiger partial charge on any atom is 0.323 e. The minimum absolute atomic E-state index is 0.314. The second kappa shape index (κ2) is 8.01. The van der Waals surface area contributed by atoms with Crippen molar-refractivity contribution in [2.24, 2.45) is 5.73 Å². The third-order valence-corrected chi connectivity index (χ3v) is 3.50. The third-order valence-electron chi connectivity index (χ3n) is 2.39. The maximum atomic E-state index is 13.1. The molecule has 0 radical (unpaired) electrons. The Morgan fingerprint density at radius 2 is 2.26 bits per heavy atom. The summed E-state index contributed by atoms with van der Waals surface area (Å²) in [6.45, 7) is 2.05. The van der Waals surface area contributed by atoms with Crippen molar-refractivity contribution in [3.63, 3.8) is 0 Å². The van der Waals surface area contributed by atoms with E-state index >= 15 is 0 Å². The first-order chi connectivity index (χ1) is 9.08. The molecule has 1 rings (SSSR count). The molecule has 2 N–H and O–H groups in total. The highest BCUT2D eigenvalue weighted by Crippen LogP contribution is 2.24. The van der Waals surface area contributed by atoms with Crippen molar-refractivity contribution in [2.75, 3.05) is 19.5 Å². The minimum Gasteiger partial charge on any atom is -0.496 e. The number of nitrogens with two attached hydrogens (primary N) is 1. The van der Waals surface area contributed by atoms with E-state index in [4.69, 9.17) is 15.2 Å². The molecule has 0 amide bonds. The molecule has 0 fully saturated rings. The molecule has 0 aliphatic carbocycles. The lowest BCUT2D eigenvalue weighted by molar-refractivity contribution is -0.144. The fourth-order valence-electron chi connectivity index (χ4n) is 1.47. The van der Waals surface area contributed by atoms with Gasteiger partial charge in [-0.3, -0.25) is 4.79 Å². The second-order valence-corrected chi connectivity index (χ2v) is 4.86. The highest BCUT2D eigenvalue weighted by atomic mass is 32.2. The Morgan fingerprint density at radius 3 is 2.89 bits per heavy atom. The van der Waals surface area contributed by atoms with Crippen molar-refractivity contribution < 1.29 is 18.7 Å². The largest absolute Gasteiger partial charge is 0.496 e. The van der Waals surface area contributed by atoms with Crippen LogP contribution in [0, 0.1) is 5.82 Å². The van der Waals surface area contributed by atoms with Crippen molar-refractivity contribution in [3.05, 3.63) is 29.6 Å². The summed E-state index contributed by atoms with van der Waals surface area (Å²) in [5.74, 6) is 0.831. The van der Waals surface area contributed by atoms with Gasteiger partial charge in [0.15, 0.2) is 0 Å². The Bertz CT molecular complexity index is 428. The standard InChI is InChI=1S/C13H18FNO3S/c1-3-18-13(16)11(15)8-19-7-9-6-10(14)4-5-12(9)17-2/h4-6,11H,3,7-8,15H2,1-2H3. The van der Waals surface area contributed by atoms with Crippen molar-refractivity contribution in [1.29, 1.82) is 0 Å². The quantitative estimate of drug-likeness (QED) is 0.777. The summed E-state index contributed by atoms with van der Waals surface area (Å²) in [7, 11) is 1.53. The van der Waals surface area contributed by atoms with Crippen LogP contribution in [0.3, 0.4) is 0 Å². The molecule has 4 nitrogen and oxygen atoms in total. The number of esters is 1. The smallest absolute Gasteiger partial charge is 0.323 e. The van der Waals surface area contributed by atoms with E-state index in [1.807, 2.05) is 0 Å². The van der Waals surface area contributed by atoms with Crippen LogP contribution in [0.15, 0.2) is 18.2 Å². The van der Waals surface area contributed by atoms with E-state index in [0.29, 0.717) is 23.9 Å². The summed E-state index contributed by atoms with van der Waals surface area (Å²) in [6.07, 6.45) is 0. The number of rotatable bonds is 7. The van der Waals surface area contributed by atoms with Gasteiger partial charge in [-0.15, -0.1) is 0 Å². The lowest BCUT2D eigenvalue weighted by Gasteiger charge is -2.11. The predicted molar refractivity (Wildman–Crippen MR) is 73.7 cm³/mol. The topological polar surface area (TPSA) is 61.5 Å². The van der Waals surface area contributed by atoms with Crippen molar-refractivity contribution in [1.82, 2.24) is 0 Å². The number of hydrogen-bond acceptors (Lipinski definition) is 5. The monoisotopic (exact) mass is 287 g/mol. The Labute approximate surface area is 116 Å². The molecule has 0 saturated carbocycles. The number of ether oxygens (including phenoxy) is 2. The van der Waals surface area contributed by atoms with Crippen molar-refractivity contribution >= 4 is 17.7 Å². The molecular formula is C13H18FNO3S. The molecular weight excluding hydrogens is 269 g/mol. The maximum absolute atomic E-state index is 13.1. The Morgan fingerprint density at radius 1 is 1.53 bits per heavy atom. The first kappa shape index (κ1) is 15.8. The molecule has 1 aromatic carbocycles. The zero-order chi connectivity index (χ0) is 14.3. The van der Waals surface area contributed by atoms with Crippen LogP contribution in [-0.4, -0.2) is 31.5 Å². The number of carbonyl (C=O) groups is 1. The number of halogens is 1. The molecule has 1 aromatic rings. The summed E-state index contributed by atoms with van der Waals surface area (Å²) in [5.41, 5.74) is 6.41. The first-order valence-electron chi connectivity index (χ1n) is 5.90. The SMILES string of the molecule is CCOC(=O)C(N)CSCc1cc(F)ccc1OC. The van der Waals surface area contributed by atoms with Gasteiger partial charge >= 0.3 is 5.97 Å². The van der Waals surface area contributed by atoms with E-state index < -0.39 is 12.0 Å². The van der Waals surface area contributed by atoms with E-state index in [9.17, 15) is 9.18 Å². The lowest BCUT2D eigenvalue weighted by Crippen LogP contribution is -2.34. The average molecular weight is 287 g/mol. The van der Waals surface area contributed by atoms with Gasteiger partial charge in [-0.1, -0.05) is 0 Å². The molecule has 6 heteroatoms. The fraction of sp³-hybridized carbons (Fsp3) is 0.462. The van der Waals surface area contributed by atoms with E-state index in [1.54, 1.807) is 13.0 Å². The van der Waals surface area contributed by atoms with E-state index in [2.05, 4.69) is 0 Å². The number of benzene rings is 1. The van der Waals surface area contributed by atoms with Gasteiger partial charge in [-0.25, -0.2) is 4.39 Å². The molecule has 0 saturated heterocycles. The van der Waals surface area contributed by atoms with Crippen LogP contribution in [0.25, 0.3) is 0 Å². The summed E-state index contributed by atoms with van der Waals surface area (Å²) < 4.78 is 23.1. The van der Waals surface area contributed by atoms with Crippen molar-refractivity contribution in [3.8, 4) is 5.75 Å². The van der Waals surface area contributed by atoms with E-state index in [0.717, 1.165) is 5.56 Å². The van der Waals surface area contributed by atoms with Crippen LogP contribution in [0.1, 0.15) is 12.5 Å². The van der Waals surface area contributed by atoms with Gasteiger partial charge in [0.1, 0.15) is 17.6 Å². The number of methoxy groups -OCH3 is 1. The Kier molecular flexibility index (Phi) is 6.66. The number of hydrogen-bond donors (Lipinski definition) is 1. The van der Waals surface area contributed by atoms with Crippen LogP contribution in [0.5, 0.6) is 5.75 Å². The zero-order valence-corrected chi connectivity index (χ0v) is 11.8. The molecule has 0 aliphatic rings. The predicted octanol–water partition coefficient (Wildman–Crippen LogP) is 1.96. The fourth-order valence-corrected chi connectivity index (χ4v) is 2.43. The van der Waals surface area contributed by atoms with Gasteiger partial charge in [-0.05, 0) is 25.1 Å². The van der Waals surface area contributed by atoms with Gasteiger partial charge in [0.05, 0.1) is 13.7 Å². The molecule has 0 spiro atoms. The summed E-state index contributed by atoms with van der Waals surface area (Å²) >= 11 is 1.43. The van der Waals surface area contributed by atoms with Gasteiger partial charge in [0.25, 0.3) is 0 Å². The molecule has 1 unspecified atom stereocenters. The highest BCUT2D eigenvalue weighted by molar-refractivity contribution is 7.98. The molecule has 0 heterocycles. The molecule has 19 heavy (non-hydrogen) atoms. The van der Waals surface area contributed by atoms with Crippen LogP contribution >= 0.6 is 11.8 Å². The summed E-state index contributed by atoms with van der Waals surface area (Å²) in [4.78, 5) is 11.3. The average Bonchev–Trinajstić information content (AvgIpc) is 2.39. The third kappa shape index (κ3) is 5.08. The van der Waals surface area contributed by atoms with Gasteiger partial charge < -0.3 is 15.2 Å².